The van der Waals surface area contributed by atoms with E-state index in [9.17, 15) is 4.79 Å². The third-order valence-corrected chi connectivity index (χ3v) is 4.84. The van der Waals surface area contributed by atoms with Gasteiger partial charge in [-0.1, -0.05) is 37.3 Å². The number of amides is 1. The Bertz CT molecular complexity index is 679. The molecule has 5 nitrogen and oxygen atoms in total. The van der Waals surface area contributed by atoms with E-state index in [0.29, 0.717) is 18.7 Å². The van der Waals surface area contributed by atoms with E-state index in [1.165, 1.54) is 12.8 Å². The lowest BCUT2D eigenvalue weighted by atomic mass is 10.00. The van der Waals surface area contributed by atoms with Crippen molar-refractivity contribution >= 4 is 11.9 Å². The predicted molar refractivity (Wildman–Crippen MR) is 99.5 cm³/mol. The van der Waals surface area contributed by atoms with Crippen molar-refractivity contribution in [1.29, 1.82) is 0 Å². The normalized spacial score (nSPS) is 15.2. The monoisotopic (exact) mass is 338 g/mol. The number of carbonyl (C=O) groups excluding carboxylic acids is 1. The van der Waals surface area contributed by atoms with Crippen LogP contribution in [0.5, 0.6) is 0 Å². The van der Waals surface area contributed by atoms with Gasteiger partial charge in [0.1, 0.15) is 0 Å². The molecule has 0 saturated carbocycles. The highest BCUT2D eigenvalue weighted by molar-refractivity contribution is 5.93. The van der Waals surface area contributed by atoms with Gasteiger partial charge in [0.15, 0.2) is 0 Å². The van der Waals surface area contributed by atoms with E-state index >= 15 is 0 Å². The van der Waals surface area contributed by atoms with Gasteiger partial charge in [0.2, 0.25) is 5.95 Å². The third-order valence-electron chi connectivity index (χ3n) is 4.84. The van der Waals surface area contributed by atoms with E-state index in [-0.39, 0.29) is 5.91 Å². The molecule has 2 aromatic rings. The van der Waals surface area contributed by atoms with Crippen LogP contribution in [0.15, 0.2) is 42.7 Å². The van der Waals surface area contributed by atoms with Crippen LogP contribution in [-0.2, 0) is 6.54 Å². The minimum atomic E-state index is -0.0230. The highest BCUT2D eigenvalue weighted by Crippen LogP contribution is 2.20. The quantitative estimate of drug-likeness (QED) is 0.839. The number of rotatable bonds is 5. The molecule has 0 unspecified atom stereocenters. The summed E-state index contributed by atoms with van der Waals surface area (Å²) in [6, 6.07) is 10.0. The predicted octanol–water partition coefficient (Wildman–Crippen LogP) is 3.38. The molecular formula is C20H26N4O. The Kier molecular flexibility index (Phi) is 5.64. The standard InChI is InChI=1S/C20H26N4O/c1-3-23(15-17-7-5-4-6-8-17)19(25)18-13-21-20(22-14-18)24-11-9-16(2)10-12-24/h4-8,13-14,16H,3,9-12,15H2,1-2H3. The molecule has 1 aliphatic rings. The Morgan fingerprint density at radius 1 is 1.16 bits per heavy atom. The number of nitrogens with zero attached hydrogens (tertiary/aromatic N) is 4. The molecule has 0 N–H and O–H groups in total. The van der Waals surface area contributed by atoms with Gasteiger partial charge in [-0.3, -0.25) is 4.79 Å². The van der Waals surface area contributed by atoms with E-state index in [1.54, 1.807) is 12.4 Å². The molecule has 132 valence electrons. The van der Waals surface area contributed by atoms with Crippen molar-refractivity contribution in [3.05, 3.63) is 53.9 Å². The highest BCUT2D eigenvalue weighted by atomic mass is 16.2. The van der Waals surface area contributed by atoms with E-state index in [4.69, 9.17) is 0 Å². The SMILES string of the molecule is CCN(Cc1ccccc1)C(=O)c1cnc(N2CCC(C)CC2)nc1. The first-order valence-corrected chi connectivity index (χ1v) is 9.07. The molecule has 1 amide bonds. The highest BCUT2D eigenvalue weighted by Gasteiger charge is 2.19. The lowest BCUT2D eigenvalue weighted by Gasteiger charge is -2.30. The van der Waals surface area contributed by atoms with Crippen molar-refractivity contribution < 1.29 is 4.79 Å². The van der Waals surface area contributed by atoms with Crippen LogP contribution in [0.1, 0.15) is 42.6 Å². The Balaban J connectivity index is 1.67. The number of benzene rings is 1. The summed E-state index contributed by atoms with van der Waals surface area (Å²) in [6.45, 7) is 7.51. The summed E-state index contributed by atoms with van der Waals surface area (Å²) in [6.07, 6.45) is 5.67. The second-order valence-corrected chi connectivity index (χ2v) is 6.75. The Labute approximate surface area is 149 Å². The summed E-state index contributed by atoms with van der Waals surface area (Å²) in [5, 5.41) is 0. The van der Waals surface area contributed by atoms with Gasteiger partial charge in [-0.2, -0.15) is 0 Å². The maximum Gasteiger partial charge on any atom is 0.257 e. The van der Waals surface area contributed by atoms with Crippen molar-refractivity contribution in [3.8, 4) is 0 Å². The first-order valence-electron chi connectivity index (χ1n) is 9.07. The molecule has 0 radical (unpaired) electrons. The van der Waals surface area contributed by atoms with E-state index in [0.717, 1.165) is 30.5 Å². The zero-order valence-corrected chi connectivity index (χ0v) is 15.1. The van der Waals surface area contributed by atoms with Gasteiger partial charge in [0.25, 0.3) is 5.91 Å². The van der Waals surface area contributed by atoms with E-state index in [2.05, 4.69) is 21.8 Å². The van der Waals surface area contributed by atoms with Crippen LogP contribution in [0.3, 0.4) is 0 Å². The molecule has 0 aliphatic carbocycles. The van der Waals surface area contributed by atoms with E-state index in [1.807, 2.05) is 42.2 Å². The minimum absolute atomic E-state index is 0.0230. The van der Waals surface area contributed by atoms with Crippen molar-refractivity contribution in [2.24, 2.45) is 5.92 Å². The number of piperidine rings is 1. The van der Waals surface area contributed by atoms with Crippen molar-refractivity contribution in [1.82, 2.24) is 14.9 Å². The summed E-state index contributed by atoms with van der Waals surface area (Å²) in [7, 11) is 0. The molecule has 2 heterocycles. The van der Waals surface area contributed by atoms with Crippen LogP contribution < -0.4 is 4.90 Å². The van der Waals surface area contributed by atoms with Gasteiger partial charge in [0, 0.05) is 38.6 Å². The lowest BCUT2D eigenvalue weighted by Crippen LogP contribution is -2.34. The van der Waals surface area contributed by atoms with Crippen LogP contribution in [0.25, 0.3) is 0 Å². The Morgan fingerprint density at radius 2 is 1.80 bits per heavy atom. The van der Waals surface area contributed by atoms with Gasteiger partial charge in [0.05, 0.1) is 5.56 Å². The van der Waals surface area contributed by atoms with Crippen LogP contribution in [0.2, 0.25) is 0 Å². The van der Waals surface area contributed by atoms with Crippen LogP contribution >= 0.6 is 0 Å². The van der Waals surface area contributed by atoms with Gasteiger partial charge in [-0.05, 0) is 31.2 Å². The molecule has 1 aromatic heterocycles. The summed E-state index contributed by atoms with van der Waals surface area (Å²) >= 11 is 0. The zero-order chi connectivity index (χ0) is 17.6. The fourth-order valence-electron chi connectivity index (χ4n) is 3.12. The van der Waals surface area contributed by atoms with Crippen LogP contribution in [0, 0.1) is 5.92 Å². The second kappa shape index (κ2) is 8.10. The fourth-order valence-corrected chi connectivity index (χ4v) is 3.12. The molecule has 5 heteroatoms. The van der Waals surface area contributed by atoms with Crippen molar-refractivity contribution in [2.45, 2.75) is 33.2 Å². The first-order chi connectivity index (χ1) is 12.2. The van der Waals surface area contributed by atoms with Gasteiger partial charge in [-0.25, -0.2) is 9.97 Å². The topological polar surface area (TPSA) is 49.3 Å². The third kappa shape index (κ3) is 4.35. The number of hydrogen-bond acceptors (Lipinski definition) is 4. The maximum atomic E-state index is 12.7. The number of aromatic nitrogens is 2. The van der Waals surface area contributed by atoms with Gasteiger partial charge >= 0.3 is 0 Å². The zero-order valence-electron chi connectivity index (χ0n) is 15.1. The van der Waals surface area contributed by atoms with Crippen LogP contribution in [0.4, 0.5) is 5.95 Å². The molecule has 25 heavy (non-hydrogen) atoms. The molecule has 1 fully saturated rings. The molecule has 0 bridgehead atoms. The number of hydrogen-bond donors (Lipinski definition) is 0. The smallest absolute Gasteiger partial charge is 0.257 e. The fraction of sp³-hybridized carbons (Fsp3) is 0.450. The molecule has 1 saturated heterocycles. The largest absolute Gasteiger partial charge is 0.341 e. The minimum Gasteiger partial charge on any atom is -0.341 e. The summed E-state index contributed by atoms with van der Waals surface area (Å²) < 4.78 is 0. The molecule has 1 aromatic carbocycles. The maximum absolute atomic E-state index is 12.7. The van der Waals surface area contributed by atoms with Crippen molar-refractivity contribution in [3.63, 3.8) is 0 Å². The van der Waals surface area contributed by atoms with Crippen LogP contribution in [-0.4, -0.2) is 40.4 Å². The molecular weight excluding hydrogens is 312 g/mol. The summed E-state index contributed by atoms with van der Waals surface area (Å²) in [5.41, 5.74) is 1.67. The molecule has 3 rings (SSSR count). The average molecular weight is 338 g/mol. The number of carbonyl (C=O) groups is 1. The first kappa shape index (κ1) is 17.4. The van der Waals surface area contributed by atoms with Crippen molar-refractivity contribution in [2.75, 3.05) is 24.5 Å². The summed E-state index contributed by atoms with van der Waals surface area (Å²) in [5.74, 6) is 1.48. The Morgan fingerprint density at radius 3 is 2.40 bits per heavy atom. The average Bonchev–Trinajstić information content (AvgIpc) is 2.67. The molecule has 0 spiro atoms. The van der Waals surface area contributed by atoms with E-state index < -0.39 is 0 Å². The summed E-state index contributed by atoms with van der Waals surface area (Å²) in [4.78, 5) is 25.6. The van der Waals surface area contributed by atoms with Gasteiger partial charge < -0.3 is 9.80 Å². The molecule has 1 aliphatic heterocycles. The van der Waals surface area contributed by atoms with Gasteiger partial charge in [-0.15, -0.1) is 0 Å². The Hall–Kier alpha value is -2.43. The molecule has 0 atom stereocenters. The lowest BCUT2D eigenvalue weighted by molar-refractivity contribution is 0.0751. The second-order valence-electron chi connectivity index (χ2n) is 6.75. The number of anilines is 1.